The molecule has 0 radical (unpaired) electrons. The van der Waals surface area contributed by atoms with Gasteiger partial charge in [-0.3, -0.25) is 4.79 Å². The van der Waals surface area contributed by atoms with E-state index < -0.39 is 15.7 Å². The summed E-state index contributed by atoms with van der Waals surface area (Å²) in [7, 11) is -3.23. The van der Waals surface area contributed by atoms with E-state index in [1.807, 2.05) is 11.8 Å². The minimum absolute atomic E-state index is 0.000278. The Morgan fingerprint density at radius 1 is 1.24 bits per heavy atom. The van der Waals surface area contributed by atoms with E-state index >= 15 is 0 Å². The second-order valence-corrected chi connectivity index (χ2v) is 6.24. The fourth-order valence-electron chi connectivity index (χ4n) is 1.42. The molecule has 0 atom stereocenters. The lowest BCUT2D eigenvalue weighted by Crippen LogP contribution is -2.33. The topological polar surface area (TPSA) is 101 Å². The van der Waals surface area contributed by atoms with Gasteiger partial charge in [0.1, 0.15) is 0 Å². The lowest BCUT2D eigenvalue weighted by Gasteiger charge is -2.20. The number of aliphatic hydroxyl groups excluding tert-OH is 1. The molecule has 0 fully saturated rings. The number of carbonyl (C=O) groups is 1. The highest BCUT2D eigenvalue weighted by atomic mass is 32.2. The molecule has 6 nitrogen and oxygen atoms in total. The number of hydrogen-bond donors (Lipinski definition) is 2. The van der Waals surface area contributed by atoms with Gasteiger partial charge in [0.2, 0.25) is 5.91 Å². The molecule has 0 aliphatic carbocycles. The van der Waals surface area contributed by atoms with Crippen LogP contribution in [-0.2, 0) is 14.6 Å². The van der Waals surface area contributed by atoms with Gasteiger partial charge in [0.15, 0.2) is 9.84 Å². The minimum Gasteiger partial charge on any atom is -0.395 e. The third-order valence-electron chi connectivity index (χ3n) is 2.33. The van der Waals surface area contributed by atoms with Gasteiger partial charge in [-0.05, 0) is 13.0 Å². The minimum atomic E-state index is -3.23. The van der Waals surface area contributed by atoms with Gasteiger partial charge in [0.05, 0.1) is 18.1 Å². The van der Waals surface area contributed by atoms with E-state index in [1.165, 1.54) is 0 Å². The van der Waals surface area contributed by atoms with Gasteiger partial charge in [-0.25, -0.2) is 8.42 Å². The molecular weight excluding hydrogens is 244 g/mol. The molecule has 17 heavy (non-hydrogen) atoms. The first-order chi connectivity index (χ1) is 7.91. The van der Waals surface area contributed by atoms with Gasteiger partial charge in [-0.1, -0.05) is 6.92 Å². The van der Waals surface area contributed by atoms with Gasteiger partial charge in [0.25, 0.3) is 0 Å². The summed E-state index contributed by atoms with van der Waals surface area (Å²) in [4.78, 5) is 12.4. The first-order valence-corrected chi connectivity index (χ1v) is 7.55. The van der Waals surface area contributed by atoms with Crippen molar-refractivity contribution >= 4 is 15.7 Å². The van der Waals surface area contributed by atoms with Crippen LogP contribution in [0.25, 0.3) is 0 Å². The van der Waals surface area contributed by atoms with E-state index in [-0.39, 0.29) is 24.5 Å². The Bertz CT molecular complexity index is 310. The number of sulfone groups is 1. The van der Waals surface area contributed by atoms with Crippen LogP contribution >= 0.6 is 0 Å². The van der Waals surface area contributed by atoms with Crippen LogP contribution in [0.1, 0.15) is 19.8 Å². The number of aliphatic hydroxyl groups is 1. The maximum absolute atomic E-state index is 11.6. The van der Waals surface area contributed by atoms with Crippen molar-refractivity contribution in [3.05, 3.63) is 0 Å². The van der Waals surface area contributed by atoms with Crippen LogP contribution in [0.15, 0.2) is 0 Å². The number of carbonyl (C=O) groups excluding carboxylic acids is 1. The number of amides is 1. The molecule has 0 bridgehead atoms. The summed E-state index contributed by atoms with van der Waals surface area (Å²) >= 11 is 0. The SMILES string of the molecule is CCCN(CCO)CCS(=O)(=O)CCC(N)=O. The van der Waals surface area contributed by atoms with Crippen molar-refractivity contribution in [3.63, 3.8) is 0 Å². The van der Waals surface area contributed by atoms with Crippen LogP contribution in [0.4, 0.5) is 0 Å². The van der Waals surface area contributed by atoms with Crippen molar-refractivity contribution in [1.82, 2.24) is 4.90 Å². The second-order valence-electron chi connectivity index (χ2n) is 3.93. The van der Waals surface area contributed by atoms with Crippen molar-refractivity contribution in [2.45, 2.75) is 19.8 Å². The zero-order valence-electron chi connectivity index (χ0n) is 10.3. The molecule has 3 N–H and O–H groups in total. The molecular formula is C10H22N2O4S. The average Bonchev–Trinajstić information content (AvgIpc) is 2.24. The molecule has 0 aromatic carbocycles. The van der Waals surface area contributed by atoms with Crippen LogP contribution in [0.2, 0.25) is 0 Å². The number of nitrogens with two attached hydrogens (primary N) is 1. The number of primary amides is 1. The van der Waals surface area contributed by atoms with Crippen molar-refractivity contribution in [2.75, 3.05) is 37.7 Å². The van der Waals surface area contributed by atoms with E-state index in [0.717, 1.165) is 13.0 Å². The summed E-state index contributed by atoms with van der Waals surface area (Å²) in [6, 6.07) is 0. The fourth-order valence-corrected chi connectivity index (χ4v) is 2.67. The summed E-state index contributed by atoms with van der Waals surface area (Å²) in [6.45, 7) is 3.62. The standard InChI is InChI=1S/C10H22N2O4S/c1-2-4-12(5-7-13)6-9-17(15,16)8-3-10(11)14/h13H,2-9H2,1H3,(H2,11,14). The van der Waals surface area contributed by atoms with Crippen molar-refractivity contribution in [1.29, 1.82) is 0 Å². The first kappa shape index (κ1) is 16.3. The maximum atomic E-state index is 11.6. The number of hydrogen-bond acceptors (Lipinski definition) is 5. The van der Waals surface area contributed by atoms with Crippen molar-refractivity contribution in [2.24, 2.45) is 5.73 Å². The van der Waals surface area contributed by atoms with E-state index in [4.69, 9.17) is 10.8 Å². The fraction of sp³-hybridized carbons (Fsp3) is 0.900. The average molecular weight is 266 g/mol. The van der Waals surface area contributed by atoms with E-state index in [9.17, 15) is 13.2 Å². The Labute approximate surface area is 103 Å². The molecule has 1 amide bonds. The molecule has 0 aliphatic rings. The summed E-state index contributed by atoms with van der Waals surface area (Å²) in [5.41, 5.74) is 4.90. The van der Waals surface area contributed by atoms with E-state index in [2.05, 4.69) is 0 Å². The normalized spacial score (nSPS) is 11.9. The Morgan fingerprint density at radius 3 is 2.35 bits per heavy atom. The van der Waals surface area contributed by atoms with Gasteiger partial charge >= 0.3 is 0 Å². The predicted octanol–water partition coefficient (Wildman–Crippen LogP) is -1.02. The lowest BCUT2D eigenvalue weighted by atomic mass is 10.4. The lowest BCUT2D eigenvalue weighted by molar-refractivity contribution is -0.117. The molecule has 0 spiro atoms. The predicted molar refractivity (Wildman–Crippen MR) is 66.3 cm³/mol. The van der Waals surface area contributed by atoms with E-state index in [0.29, 0.717) is 13.1 Å². The van der Waals surface area contributed by atoms with Crippen molar-refractivity contribution in [3.8, 4) is 0 Å². The molecule has 0 aromatic rings. The van der Waals surface area contributed by atoms with E-state index in [1.54, 1.807) is 0 Å². The number of rotatable bonds is 10. The molecule has 7 heteroatoms. The van der Waals surface area contributed by atoms with Crippen LogP contribution in [0.3, 0.4) is 0 Å². The Kier molecular flexibility index (Phi) is 8.11. The zero-order valence-corrected chi connectivity index (χ0v) is 11.1. The smallest absolute Gasteiger partial charge is 0.218 e. The molecule has 0 saturated carbocycles. The monoisotopic (exact) mass is 266 g/mol. The van der Waals surface area contributed by atoms with Gasteiger partial charge < -0.3 is 15.7 Å². The van der Waals surface area contributed by atoms with Crippen LogP contribution < -0.4 is 5.73 Å². The van der Waals surface area contributed by atoms with Crippen LogP contribution in [0, 0.1) is 0 Å². The molecule has 0 saturated heterocycles. The van der Waals surface area contributed by atoms with Gasteiger partial charge in [-0.2, -0.15) is 0 Å². The number of nitrogens with zero attached hydrogens (tertiary/aromatic N) is 1. The largest absolute Gasteiger partial charge is 0.395 e. The summed E-state index contributed by atoms with van der Waals surface area (Å²) in [5, 5.41) is 8.82. The van der Waals surface area contributed by atoms with Gasteiger partial charge in [0, 0.05) is 19.5 Å². The molecule has 0 rings (SSSR count). The molecule has 0 aliphatic heterocycles. The summed E-state index contributed by atoms with van der Waals surface area (Å²) < 4.78 is 23.1. The second kappa shape index (κ2) is 8.43. The Hall–Kier alpha value is -0.660. The molecule has 0 unspecified atom stereocenters. The zero-order chi connectivity index (χ0) is 13.3. The third-order valence-corrected chi connectivity index (χ3v) is 3.96. The summed E-state index contributed by atoms with van der Waals surface area (Å²) in [5.74, 6) is -0.795. The van der Waals surface area contributed by atoms with Crippen molar-refractivity contribution < 1.29 is 18.3 Å². The first-order valence-electron chi connectivity index (χ1n) is 5.73. The Morgan fingerprint density at radius 2 is 1.88 bits per heavy atom. The Balaban J connectivity index is 4.08. The molecule has 0 aromatic heterocycles. The highest BCUT2D eigenvalue weighted by Crippen LogP contribution is 1.98. The highest BCUT2D eigenvalue weighted by molar-refractivity contribution is 7.91. The van der Waals surface area contributed by atoms with Crippen LogP contribution in [-0.4, -0.2) is 62.1 Å². The summed E-state index contributed by atoms with van der Waals surface area (Å²) in [6.07, 6.45) is 0.775. The highest BCUT2D eigenvalue weighted by Gasteiger charge is 2.14. The third kappa shape index (κ3) is 9.08. The quantitative estimate of drug-likeness (QED) is 0.527. The maximum Gasteiger partial charge on any atom is 0.218 e. The molecule has 102 valence electrons. The molecule has 0 heterocycles. The van der Waals surface area contributed by atoms with Crippen LogP contribution in [0.5, 0.6) is 0 Å². The van der Waals surface area contributed by atoms with Gasteiger partial charge in [-0.15, -0.1) is 0 Å².